The van der Waals surface area contributed by atoms with Crippen LogP contribution in [0.2, 0.25) is 0 Å². The van der Waals surface area contributed by atoms with Gasteiger partial charge in [-0.15, -0.1) is 23.1 Å². The second-order valence-electron chi connectivity index (χ2n) is 6.70. The number of carbonyl (C=O) groups is 1. The van der Waals surface area contributed by atoms with Gasteiger partial charge in [0.1, 0.15) is 5.01 Å². The normalized spacial score (nSPS) is 11.0. The molecule has 1 heterocycles. The number of thioether (sulfide) groups is 1. The number of thiazole rings is 1. The van der Waals surface area contributed by atoms with Crippen LogP contribution in [-0.4, -0.2) is 16.6 Å². The van der Waals surface area contributed by atoms with E-state index in [4.69, 9.17) is 4.98 Å². The average Bonchev–Trinajstić information content (AvgIpc) is 3.13. The number of anilines is 1. The zero-order valence-electron chi connectivity index (χ0n) is 15.8. The van der Waals surface area contributed by atoms with Crippen LogP contribution in [-0.2, 0) is 10.5 Å². The molecule has 0 spiro atoms. The Kier molecular flexibility index (Phi) is 6.33. The number of fused-ring (bicyclic) bond motifs is 1. The summed E-state index contributed by atoms with van der Waals surface area (Å²) in [6.45, 7) is 2.09. The zero-order chi connectivity index (χ0) is 20.2. The van der Waals surface area contributed by atoms with Gasteiger partial charge in [0.15, 0.2) is 0 Å². The maximum Gasteiger partial charge on any atom is 0.234 e. The predicted molar refractivity (Wildman–Crippen MR) is 129 cm³/mol. The minimum absolute atomic E-state index is 0.00488. The van der Waals surface area contributed by atoms with Gasteiger partial charge in [0.05, 0.1) is 16.0 Å². The fourth-order valence-electron chi connectivity index (χ4n) is 2.92. The quantitative estimate of drug-likeness (QED) is 0.324. The van der Waals surface area contributed by atoms with E-state index in [1.54, 1.807) is 23.1 Å². The summed E-state index contributed by atoms with van der Waals surface area (Å²) in [5, 5.41) is 3.96. The van der Waals surface area contributed by atoms with Crippen molar-refractivity contribution in [1.29, 1.82) is 0 Å². The molecule has 1 N–H and O–H groups in total. The van der Waals surface area contributed by atoms with Crippen molar-refractivity contribution < 1.29 is 4.79 Å². The van der Waals surface area contributed by atoms with Gasteiger partial charge in [-0.25, -0.2) is 4.98 Å². The first-order chi connectivity index (χ1) is 14.1. The molecule has 0 fully saturated rings. The summed E-state index contributed by atoms with van der Waals surface area (Å²) in [7, 11) is 0. The SMILES string of the molecule is Cc1ccc2nc(-c3ccc(NC(=O)CSCc4ccccc4Br)cc3)sc2c1. The Labute approximate surface area is 186 Å². The molecule has 146 valence electrons. The summed E-state index contributed by atoms with van der Waals surface area (Å²) in [4.78, 5) is 17.0. The lowest BCUT2D eigenvalue weighted by Crippen LogP contribution is -2.14. The van der Waals surface area contributed by atoms with Crippen LogP contribution in [0.3, 0.4) is 0 Å². The van der Waals surface area contributed by atoms with Crippen molar-refractivity contribution in [2.75, 3.05) is 11.1 Å². The fourth-order valence-corrected chi connectivity index (χ4v) is 5.43. The molecule has 29 heavy (non-hydrogen) atoms. The minimum Gasteiger partial charge on any atom is -0.325 e. The molecule has 4 aromatic rings. The highest BCUT2D eigenvalue weighted by molar-refractivity contribution is 9.10. The third-order valence-corrected chi connectivity index (χ3v) is 7.23. The number of aryl methyl sites for hydroxylation is 1. The molecule has 0 saturated heterocycles. The van der Waals surface area contributed by atoms with Gasteiger partial charge in [-0.1, -0.05) is 40.2 Å². The molecule has 0 aliphatic rings. The summed E-state index contributed by atoms with van der Waals surface area (Å²) >= 11 is 6.83. The Morgan fingerprint density at radius 1 is 1.10 bits per heavy atom. The zero-order valence-corrected chi connectivity index (χ0v) is 19.0. The first-order valence-corrected chi connectivity index (χ1v) is 11.9. The largest absolute Gasteiger partial charge is 0.325 e. The van der Waals surface area contributed by atoms with Crippen molar-refractivity contribution >= 4 is 60.8 Å². The topological polar surface area (TPSA) is 42.0 Å². The molecule has 4 rings (SSSR count). The second-order valence-corrected chi connectivity index (χ2v) is 9.57. The molecule has 3 aromatic carbocycles. The number of hydrogen-bond donors (Lipinski definition) is 1. The summed E-state index contributed by atoms with van der Waals surface area (Å²) in [5.41, 5.74) is 5.32. The van der Waals surface area contributed by atoms with Crippen LogP contribution < -0.4 is 5.32 Å². The summed E-state index contributed by atoms with van der Waals surface area (Å²) in [6, 6.07) is 22.3. The number of amides is 1. The smallest absolute Gasteiger partial charge is 0.234 e. The van der Waals surface area contributed by atoms with E-state index in [0.29, 0.717) is 5.75 Å². The molecule has 0 bridgehead atoms. The van der Waals surface area contributed by atoms with E-state index in [9.17, 15) is 4.79 Å². The first kappa shape index (κ1) is 20.1. The third-order valence-electron chi connectivity index (χ3n) is 4.41. The molecular formula is C23H19BrN2OS2. The highest BCUT2D eigenvalue weighted by atomic mass is 79.9. The van der Waals surface area contributed by atoms with E-state index < -0.39 is 0 Å². The van der Waals surface area contributed by atoms with Gasteiger partial charge >= 0.3 is 0 Å². The standard InChI is InChI=1S/C23H19BrN2OS2/c1-15-6-11-20-21(12-15)29-23(26-20)16-7-9-18(10-8-16)25-22(27)14-28-13-17-4-2-3-5-19(17)24/h2-12H,13-14H2,1H3,(H,25,27). The van der Waals surface area contributed by atoms with Crippen molar-refractivity contribution in [2.24, 2.45) is 0 Å². The Morgan fingerprint density at radius 3 is 2.69 bits per heavy atom. The van der Waals surface area contributed by atoms with E-state index >= 15 is 0 Å². The number of aromatic nitrogens is 1. The Morgan fingerprint density at radius 2 is 1.90 bits per heavy atom. The molecule has 0 unspecified atom stereocenters. The lowest BCUT2D eigenvalue weighted by Gasteiger charge is -2.07. The predicted octanol–water partition coefficient (Wildman–Crippen LogP) is 6.91. The highest BCUT2D eigenvalue weighted by Crippen LogP contribution is 2.31. The summed E-state index contributed by atoms with van der Waals surface area (Å²) in [6.07, 6.45) is 0. The number of benzene rings is 3. The van der Waals surface area contributed by atoms with Crippen LogP contribution in [0.15, 0.2) is 71.2 Å². The molecular weight excluding hydrogens is 464 g/mol. The molecule has 0 radical (unpaired) electrons. The van der Waals surface area contributed by atoms with E-state index in [2.05, 4.69) is 52.4 Å². The van der Waals surface area contributed by atoms with Crippen LogP contribution >= 0.6 is 39.0 Å². The number of rotatable bonds is 6. The summed E-state index contributed by atoms with van der Waals surface area (Å²) < 4.78 is 2.27. The van der Waals surface area contributed by atoms with Gasteiger partial charge in [-0.2, -0.15) is 0 Å². The van der Waals surface area contributed by atoms with Gasteiger partial charge in [-0.05, 0) is 60.5 Å². The number of carbonyl (C=O) groups excluding carboxylic acids is 1. The van der Waals surface area contributed by atoms with Gasteiger partial charge < -0.3 is 5.32 Å². The maximum atomic E-state index is 12.2. The molecule has 6 heteroatoms. The molecule has 1 amide bonds. The highest BCUT2D eigenvalue weighted by Gasteiger charge is 2.08. The lowest BCUT2D eigenvalue weighted by molar-refractivity contribution is -0.113. The van der Waals surface area contributed by atoms with Gasteiger partial charge in [0, 0.05) is 21.5 Å². The van der Waals surface area contributed by atoms with Crippen molar-refractivity contribution in [3.05, 3.63) is 82.3 Å². The second kappa shape index (κ2) is 9.11. The number of nitrogens with zero attached hydrogens (tertiary/aromatic N) is 1. The van der Waals surface area contributed by atoms with Crippen LogP contribution in [0.25, 0.3) is 20.8 Å². The van der Waals surface area contributed by atoms with Crippen LogP contribution in [0.5, 0.6) is 0 Å². The summed E-state index contributed by atoms with van der Waals surface area (Å²) in [5.74, 6) is 1.22. The molecule has 1 aromatic heterocycles. The Balaban J connectivity index is 1.35. The number of nitrogens with one attached hydrogen (secondary N) is 1. The van der Waals surface area contributed by atoms with Crippen LogP contribution in [0, 0.1) is 6.92 Å². The van der Waals surface area contributed by atoms with Gasteiger partial charge in [0.2, 0.25) is 5.91 Å². The van der Waals surface area contributed by atoms with E-state index in [1.165, 1.54) is 15.8 Å². The van der Waals surface area contributed by atoms with Crippen molar-refractivity contribution in [2.45, 2.75) is 12.7 Å². The lowest BCUT2D eigenvalue weighted by atomic mass is 10.2. The van der Waals surface area contributed by atoms with Crippen molar-refractivity contribution in [3.8, 4) is 10.6 Å². The number of halogens is 1. The van der Waals surface area contributed by atoms with E-state index in [-0.39, 0.29) is 5.91 Å². The van der Waals surface area contributed by atoms with Gasteiger partial charge in [-0.3, -0.25) is 4.79 Å². The third kappa shape index (κ3) is 5.07. The Hall–Kier alpha value is -2.15. The molecule has 0 atom stereocenters. The monoisotopic (exact) mass is 482 g/mol. The minimum atomic E-state index is 0.00488. The molecule has 0 aliphatic carbocycles. The van der Waals surface area contributed by atoms with Gasteiger partial charge in [0.25, 0.3) is 0 Å². The van der Waals surface area contributed by atoms with Crippen LogP contribution in [0.4, 0.5) is 5.69 Å². The van der Waals surface area contributed by atoms with E-state index in [1.807, 2.05) is 42.5 Å². The molecule has 0 saturated carbocycles. The van der Waals surface area contributed by atoms with Crippen molar-refractivity contribution in [3.63, 3.8) is 0 Å². The van der Waals surface area contributed by atoms with Crippen LogP contribution in [0.1, 0.15) is 11.1 Å². The molecule has 0 aliphatic heterocycles. The fraction of sp³-hybridized carbons (Fsp3) is 0.130. The maximum absolute atomic E-state index is 12.2. The average molecular weight is 483 g/mol. The number of hydrogen-bond acceptors (Lipinski definition) is 4. The van der Waals surface area contributed by atoms with Crippen molar-refractivity contribution in [1.82, 2.24) is 4.98 Å². The first-order valence-electron chi connectivity index (χ1n) is 9.17. The Bertz CT molecular complexity index is 1160. The van der Waals surface area contributed by atoms with E-state index in [0.717, 1.165) is 32.0 Å². The molecule has 3 nitrogen and oxygen atoms in total.